The van der Waals surface area contributed by atoms with Crippen molar-refractivity contribution in [2.24, 2.45) is 0 Å². The highest BCUT2D eigenvalue weighted by Crippen LogP contribution is 2.12. The molecule has 2 N–H and O–H groups in total. The Morgan fingerprint density at radius 1 is 1.17 bits per heavy atom. The van der Waals surface area contributed by atoms with E-state index in [4.69, 9.17) is 0 Å². The van der Waals surface area contributed by atoms with E-state index in [1.165, 1.54) is 18.2 Å². The summed E-state index contributed by atoms with van der Waals surface area (Å²) in [5.41, 5.74) is 0.802. The second-order valence-corrected chi connectivity index (χ2v) is 7.13. The van der Waals surface area contributed by atoms with Crippen molar-refractivity contribution >= 4 is 21.8 Å². The fraction of sp³-hybridized carbons (Fsp3) is 0.333. The molecule has 1 aromatic carbocycles. The number of hydrogen-bond donors (Lipinski definition) is 2. The second-order valence-electron chi connectivity index (χ2n) is 5.37. The molecule has 0 aliphatic carbocycles. The molecule has 130 valence electrons. The van der Waals surface area contributed by atoms with Crippen LogP contribution in [0.15, 0.2) is 35.2 Å². The zero-order valence-corrected chi connectivity index (χ0v) is 14.6. The van der Waals surface area contributed by atoms with Gasteiger partial charge in [0.15, 0.2) is 0 Å². The summed E-state index contributed by atoms with van der Waals surface area (Å²) in [5.74, 6) is 0.578. The van der Waals surface area contributed by atoms with Crippen molar-refractivity contribution in [3.05, 3.63) is 41.8 Å². The van der Waals surface area contributed by atoms with Gasteiger partial charge in [-0.25, -0.2) is 22.5 Å². The van der Waals surface area contributed by atoms with Gasteiger partial charge in [-0.05, 0) is 25.1 Å². The quantitative estimate of drug-likeness (QED) is 0.732. The maximum atomic E-state index is 13.1. The number of aromatic nitrogens is 2. The van der Waals surface area contributed by atoms with Crippen molar-refractivity contribution in [3.63, 3.8) is 0 Å². The number of nitrogens with zero attached hydrogens (tertiary/aromatic N) is 3. The Morgan fingerprint density at radius 2 is 1.92 bits per heavy atom. The van der Waals surface area contributed by atoms with E-state index < -0.39 is 15.8 Å². The summed E-state index contributed by atoms with van der Waals surface area (Å²) < 4.78 is 39.6. The largest absolute Gasteiger partial charge is 0.363 e. The molecule has 2 aromatic rings. The molecule has 0 aliphatic rings. The first kappa shape index (κ1) is 18.1. The number of aryl methyl sites for hydroxylation is 1. The summed E-state index contributed by atoms with van der Waals surface area (Å²) >= 11 is 0. The van der Waals surface area contributed by atoms with Crippen LogP contribution in [-0.2, 0) is 10.0 Å². The molecule has 0 amide bonds. The van der Waals surface area contributed by atoms with Gasteiger partial charge in [-0.1, -0.05) is 6.07 Å². The minimum atomic E-state index is -3.75. The van der Waals surface area contributed by atoms with E-state index in [1.54, 1.807) is 0 Å². The number of benzene rings is 1. The highest BCUT2D eigenvalue weighted by Gasteiger charge is 2.13. The lowest BCUT2D eigenvalue weighted by Gasteiger charge is -2.14. The Kier molecular flexibility index (Phi) is 5.68. The van der Waals surface area contributed by atoms with E-state index in [-0.39, 0.29) is 11.4 Å². The van der Waals surface area contributed by atoms with Crippen molar-refractivity contribution in [2.45, 2.75) is 11.8 Å². The second kappa shape index (κ2) is 7.54. The van der Waals surface area contributed by atoms with Crippen molar-refractivity contribution in [1.82, 2.24) is 14.7 Å². The van der Waals surface area contributed by atoms with Crippen LogP contribution in [0.4, 0.5) is 16.2 Å². The van der Waals surface area contributed by atoms with Gasteiger partial charge in [0, 0.05) is 38.9 Å². The van der Waals surface area contributed by atoms with Crippen LogP contribution < -0.4 is 14.9 Å². The zero-order chi connectivity index (χ0) is 17.7. The van der Waals surface area contributed by atoms with E-state index in [9.17, 15) is 12.8 Å². The Bertz CT molecular complexity index is 811. The molecule has 1 heterocycles. The molecule has 0 atom stereocenters. The van der Waals surface area contributed by atoms with E-state index in [0.717, 1.165) is 17.6 Å². The number of hydrogen-bond acceptors (Lipinski definition) is 6. The summed E-state index contributed by atoms with van der Waals surface area (Å²) in [6, 6.07) is 6.70. The van der Waals surface area contributed by atoms with Gasteiger partial charge in [0.2, 0.25) is 16.0 Å². The van der Waals surface area contributed by atoms with Gasteiger partial charge in [0.25, 0.3) is 0 Å². The summed E-state index contributed by atoms with van der Waals surface area (Å²) in [6.45, 7) is 2.27. The molecule has 0 saturated heterocycles. The van der Waals surface area contributed by atoms with Gasteiger partial charge in [0.1, 0.15) is 11.6 Å². The molecular weight excluding hydrogens is 333 g/mol. The Hall–Kier alpha value is -2.26. The lowest BCUT2D eigenvalue weighted by Crippen LogP contribution is -2.29. The molecule has 0 radical (unpaired) electrons. The molecule has 0 aliphatic heterocycles. The third-order valence-corrected chi connectivity index (χ3v) is 4.56. The van der Waals surface area contributed by atoms with Crippen molar-refractivity contribution in [1.29, 1.82) is 0 Å². The number of nitrogens with one attached hydrogen (secondary N) is 2. The Morgan fingerprint density at radius 3 is 2.58 bits per heavy atom. The molecule has 1 aromatic heterocycles. The molecule has 0 fully saturated rings. The molecule has 0 saturated carbocycles. The highest BCUT2D eigenvalue weighted by molar-refractivity contribution is 7.89. The lowest BCUT2D eigenvalue weighted by atomic mass is 10.4. The van der Waals surface area contributed by atoms with E-state index in [2.05, 4.69) is 20.0 Å². The number of sulfonamides is 1. The maximum absolute atomic E-state index is 13.1. The van der Waals surface area contributed by atoms with E-state index >= 15 is 0 Å². The van der Waals surface area contributed by atoms with Crippen molar-refractivity contribution in [3.8, 4) is 0 Å². The van der Waals surface area contributed by atoms with E-state index in [1.807, 2.05) is 32.0 Å². The minimum absolute atomic E-state index is 0.107. The molecule has 0 spiro atoms. The topological polar surface area (TPSA) is 87.2 Å². The third kappa shape index (κ3) is 4.87. The van der Waals surface area contributed by atoms with Crippen LogP contribution in [0.1, 0.15) is 5.69 Å². The van der Waals surface area contributed by atoms with Crippen LogP contribution in [0, 0.1) is 12.7 Å². The highest BCUT2D eigenvalue weighted by atomic mass is 32.2. The Balaban J connectivity index is 1.93. The van der Waals surface area contributed by atoms with Crippen LogP contribution in [0.25, 0.3) is 0 Å². The first-order valence-corrected chi connectivity index (χ1v) is 8.78. The number of anilines is 2. The number of halogens is 1. The SMILES string of the molecule is Cc1cc(N(C)C)nc(NCCNS(=O)(=O)c2cccc(F)c2)n1. The van der Waals surface area contributed by atoms with E-state index in [0.29, 0.717) is 12.5 Å². The normalized spacial score (nSPS) is 11.3. The predicted octanol–water partition coefficient (Wildman–Crippen LogP) is 1.38. The molecule has 9 heteroatoms. The summed E-state index contributed by atoms with van der Waals surface area (Å²) in [6.07, 6.45) is 0. The first-order valence-electron chi connectivity index (χ1n) is 7.30. The zero-order valence-electron chi connectivity index (χ0n) is 13.7. The third-order valence-electron chi connectivity index (χ3n) is 3.11. The molecular formula is C15H20FN5O2S. The molecule has 0 unspecified atom stereocenters. The molecule has 2 rings (SSSR count). The summed E-state index contributed by atoms with van der Waals surface area (Å²) in [4.78, 5) is 10.3. The van der Waals surface area contributed by atoms with Crippen LogP contribution in [-0.4, -0.2) is 45.6 Å². The van der Waals surface area contributed by atoms with Crippen LogP contribution in [0.3, 0.4) is 0 Å². The maximum Gasteiger partial charge on any atom is 0.240 e. The van der Waals surface area contributed by atoms with Gasteiger partial charge >= 0.3 is 0 Å². The molecule has 0 bridgehead atoms. The van der Waals surface area contributed by atoms with Crippen LogP contribution in [0.2, 0.25) is 0 Å². The average molecular weight is 353 g/mol. The average Bonchev–Trinajstić information content (AvgIpc) is 2.51. The smallest absolute Gasteiger partial charge is 0.240 e. The monoisotopic (exact) mass is 353 g/mol. The van der Waals surface area contributed by atoms with Crippen molar-refractivity contribution in [2.75, 3.05) is 37.4 Å². The van der Waals surface area contributed by atoms with Gasteiger partial charge in [-0.15, -0.1) is 0 Å². The first-order chi connectivity index (χ1) is 11.3. The molecule has 24 heavy (non-hydrogen) atoms. The van der Waals surface area contributed by atoms with Gasteiger partial charge in [-0.3, -0.25) is 0 Å². The lowest BCUT2D eigenvalue weighted by molar-refractivity contribution is 0.578. The predicted molar refractivity (Wildman–Crippen MR) is 91.2 cm³/mol. The summed E-state index contributed by atoms with van der Waals surface area (Å²) in [7, 11) is 0.00134. The van der Waals surface area contributed by atoms with Crippen LogP contribution in [0.5, 0.6) is 0 Å². The fourth-order valence-corrected chi connectivity index (χ4v) is 3.00. The van der Waals surface area contributed by atoms with Gasteiger partial charge in [-0.2, -0.15) is 4.98 Å². The fourth-order valence-electron chi connectivity index (χ4n) is 1.94. The van der Waals surface area contributed by atoms with Crippen LogP contribution >= 0.6 is 0 Å². The minimum Gasteiger partial charge on any atom is -0.363 e. The standard InChI is InChI=1S/C15H20FN5O2S/c1-11-9-14(21(2)3)20-15(19-11)17-7-8-18-24(22,23)13-6-4-5-12(16)10-13/h4-6,9-10,18H,7-8H2,1-3H3,(H,17,19,20). The summed E-state index contributed by atoms with van der Waals surface area (Å²) in [5, 5.41) is 2.97. The Labute approximate surface area is 141 Å². The molecule has 7 nitrogen and oxygen atoms in total. The van der Waals surface area contributed by atoms with Gasteiger partial charge in [0.05, 0.1) is 4.90 Å². The van der Waals surface area contributed by atoms with Crippen molar-refractivity contribution < 1.29 is 12.8 Å². The number of rotatable bonds is 7. The van der Waals surface area contributed by atoms with Gasteiger partial charge < -0.3 is 10.2 Å².